The van der Waals surface area contributed by atoms with Crippen LogP contribution in [0.5, 0.6) is 0 Å². The summed E-state index contributed by atoms with van der Waals surface area (Å²) in [5.74, 6) is 0.827. The first-order chi connectivity index (χ1) is 9.23. The molecule has 4 nitrogen and oxygen atoms in total. The molecule has 0 aromatic heterocycles. The lowest BCUT2D eigenvalue weighted by Crippen LogP contribution is -2.47. The van der Waals surface area contributed by atoms with Crippen LogP contribution < -0.4 is 15.5 Å². The number of benzene rings is 1. The molecule has 0 fully saturated rings. The summed E-state index contributed by atoms with van der Waals surface area (Å²) in [6.07, 6.45) is 0. The van der Waals surface area contributed by atoms with Gasteiger partial charge in [0.05, 0.1) is 0 Å². The number of hydrogen-bond donors (Lipinski definition) is 2. The minimum atomic E-state index is 0.00562. The van der Waals surface area contributed by atoms with E-state index < -0.39 is 0 Å². The Morgan fingerprint density at radius 3 is 2.35 bits per heavy atom. The van der Waals surface area contributed by atoms with E-state index in [1.54, 1.807) is 7.05 Å². The fourth-order valence-corrected chi connectivity index (χ4v) is 1.87. The van der Waals surface area contributed by atoms with Gasteiger partial charge < -0.3 is 15.5 Å². The van der Waals surface area contributed by atoms with Crippen LogP contribution in [0.4, 0.5) is 5.69 Å². The van der Waals surface area contributed by atoms with Crippen LogP contribution in [-0.2, 0) is 6.54 Å². The molecule has 0 amide bonds. The summed E-state index contributed by atoms with van der Waals surface area (Å²) in [6.45, 7) is 9.28. The van der Waals surface area contributed by atoms with Gasteiger partial charge in [-0.3, -0.25) is 4.99 Å². The number of nitrogens with one attached hydrogen (secondary N) is 2. The van der Waals surface area contributed by atoms with E-state index in [1.807, 2.05) is 0 Å². The largest absolute Gasteiger partial charge is 0.378 e. The molecule has 0 saturated carbocycles. The SMILES string of the molecule is CN=C(NCc1ccc(N(C)C)cc1C)NC(C)(C)C. The number of nitrogens with zero attached hydrogens (tertiary/aromatic N) is 2. The number of rotatable bonds is 3. The topological polar surface area (TPSA) is 39.7 Å². The molecule has 112 valence electrons. The second-order valence-corrected chi connectivity index (χ2v) is 6.31. The molecule has 20 heavy (non-hydrogen) atoms. The van der Waals surface area contributed by atoms with Crippen molar-refractivity contribution in [1.82, 2.24) is 10.6 Å². The zero-order valence-electron chi connectivity index (χ0n) is 13.8. The van der Waals surface area contributed by atoms with Crippen molar-refractivity contribution in [3.8, 4) is 0 Å². The lowest BCUT2D eigenvalue weighted by atomic mass is 10.1. The Bertz CT molecular complexity index is 470. The van der Waals surface area contributed by atoms with Gasteiger partial charge in [-0.05, 0) is 51.0 Å². The summed E-state index contributed by atoms with van der Waals surface area (Å²) in [5.41, 5.74) is 3.80. The minimum absolute atomic E-state index is 0.00562. The third-order valence-corrected chi connectivity index (χ3v) is 3.01. The maximum atomic E-state index is 4.25. The highest BCUT2D eigenvalue weighted by molar-refractivity contribution is 5.80. The van der Waals surface area contributed by atoms with Gasteiger partial charge in [-0.2, -0.15) is 0 Å². The molecule has 0 spiro atoms. The monoisotopic (exact) mass is 276 g/mol. The fourth-order valence-electron chi connectivity index (χ4n) is 1.87. The van der Waals surface area contributed by atoms with Crippen molar-refractivity contribution in [3.63, 3.8) is 0 Å². The number of anilines is 1. The third kappa shape index (κ3) is 5.11. The Balaban J connectivity index is 2.70. The highest BCUT2D eigenvalue weighted by Crippen LogP contribution is 2.17. The predicted octanol–water partition coefficient (Wildman–Crippen LogP) is 2.52. The van der Waals surface area contributed by atoms with Crippen LogP contribution in [0.15, 0.2) is 23.2 Å². The molecule has 0 aliphatic heterocycles. The first kappa shape index (κ1) is 16.3. The van der Waals surface area contributed by atoms with Crippen molar-refractivity contribution in [2.75, 3.05) is 26.0 Å². The molecule has 0 radical (unpaired) electrons. The van der Waals surface area contributed by atoms with Gasteiger partial charge in [0, 0.05) is 38.9 Å². The van der Waals surface area contributed by atoms with Crippen LogP contribution in [0.1, 0.15) is 31.9 Å². The van der Waals surface area contributed by atoms with E-state index in [4.69, 9.17) is 0 Å². The number of aliphatic imine (C=N–C) groups is 1. The molecular formula is C16H28N4. The van der Waals surface area contributed by atoms with Crippen molar-refractivity contribution < 1.29 is 0 Å². The minimum Gasteiger partial charge on any atom is -0.378 e. The molecule has 1 aromatic carbocycles. The van der Waals surface area contributed by atoms with Gasteiger partial charge in [-0.15, -0.1) is 0 Å². The van der Waals surface area contributed by atoms with Gasteiger partial charge >= 0.3 is 0 Å². The summed E-state index contributed by atoms with van der Waals surface area (Å²) in [4.78, 5) is 6.37. The highest BCUT2D eigenvalue weighted by Gasteiger charge is 2.11. The van der Waals surface area contributed by atoms with Gasteiger partial charge in [0.1, 0.15) is 0 Å². The Morgan fingerprint density at radius 1 is 1.25 bits per heavy atom. The molecule has 0 aliphatic rings. The summed E-state index contributed by atoms with van der Waals surface area (Å²) >= 11 is 0. The lowest BCUT2D eigenvalue weighted by Gasteiger charge is -2.24. The number of hydrogen-bond acceptors (Lipinski definition) is 2. The van der Waals surface area contributed by atoms with Crippen molar-refractivity contribution in [3.05, 3.63) is 29.3 Å². The third-order valence-electron chi connectivity index (χ3n) is 3.01. The average molecular weight is 276 g/mol. The van der Waals surface area contributed by atoms with E-state index in [1.165, 1.54) is 16.8 Å². The zero-order chi connectivity index (χ0) is 15.3. The number of guanidine groups is 1. The van der Waals surface area contributed by atoms with E-state index in [0.29, 0.717) is 0 Å². The van der Waals surface area contributed by atoms with E-state index in [2.05, 4.69) is 80.5 Å². The smallest absolute Gasteiger partial charge is 0.191 e. The van der Waals surface area contributed by atoms with Crippen molar-refractivity contribution >= 4 is 11.6 Å². The summed E-state index contributed by atoms with van der Waals surface area (Å²) < 4.78 is 0. The molecular weight excluding hydrogens is 248 g/mol. The average Bonchev–Trinajstić information content (AvgIpc) is 2.34. The summed E-state index contributed by atoms with van der Waals surface area (Å²) in [6, 6.07) is 6.52. The summed E-state index contributed by atoms with van der Waals surface area (Å²) in [5, 5.41) is 6.71. The maximum absolute atomic E-state index is 4.25. The van der Waals surface area contributed by atoms with Gasteiger partial charge in [0.25, 0.3) is 0 Å². The van der Waals surface area contributed by atoms with Crippen molar-refractivity contribution in [1.29, 1.82) is 0 Å². The molecule has 1 aromatic rings. The van der Waals surface area contributed by atoms with Gasteiger partial charge in [-0.25, -0.2) is 0 Å². The Hall–Kier alpha value is -1.71. The standard InChI is InChI=1S/C16H28N4/c1-12-10-14(20(6)7)9-8-13(12)11-18-15(17-5)19-16(2,3)4/h8-10H,11H2,1-7H3,(H2,17,18,19). The van der Waals surface area contributed by atoms with Crippen LogP contribution in [0.3, 0.4) is 0 Å². The maximum Gasteiger partial charge on any atom is 0.191 e. The van der Waals surface area contributed by atoms with Crippen LogP contribution in [0.25, 0.3) is 0 Å². The van der Waals surface area contributed by atoms with E-state index in [0.717, 1.165) is 12.5 Å². The quantitative estimate of drug-likeness (QED) is 0.658. The molecule has 1 rings (SSSR count). The summed E-state index contributed by atoms with van der Waals surface area (Å²) in [7, 11) is 5.91. The lowest BCUT2D eigenvalue weighted by molar-refractivity contribution is 0.501. The Labute approximate surface area is 123 Å². The number of aryl methyl sites for hydroxylation is 1. The molecule has 2 N–H and O–H groups in total. The normalized spacial score (nSPS) is 12.2. The van der Waals surface area contributed by atoms with Gasteiger partial charge in [0.2, 0.25) is 0 Å². The Morgan fingerprint density at radius 2 is 1.90 bits per heavy atom. The zero-order valence-corrected chi connectivity index (χ0v) is 13.8. The highest BCUT2D eigenvalue weighted by atomic mass is 15.2. The van der Waals surface area contributed by atoms with Crippen molar-refractivity contribution in [2.24, 2.45) is 4.99 Å². The molecule has 0 unspecified atom stereocenters. The molecule has 0 bridgehead atoms. The molecule has 0 atom stereocenters. The second-order valence-electron chi connectivity index (χ2n) is 6.31. The van der Waals surface area contributed by atoms with Crippen LogP contribution in [-0.4, -0.2) is 32.6 Å². The van der Waals surface area contributed by atoms with E-state index >= 15 is 0 Å². The predicted molar refractivity (Wildman–Crippen MR) is 88.6 cm³/mol. The van der Waals surface area contributed by atoms with Gasteiger partial charge in [-0.1, -0.05) is 6.07 Å². The molecule has 0 saturated heterocycles. The van der Waals surface area contributed by atoms with Crippen LogP contribution in [0.2, 0.25) is 0 Å². The van der Waals surface area contributed by atoms with Crippen LogP contribution >= 0.6 is 0 Å². The molecule has 0 aliphatic carbocycles. The molecule has 4 heteroatoms. The van der Waals surface area contributed by atoms with E-state index in [-0.39, 0.29) is 5.54 Å². The van der Waals surface area contributed by atoms with Crippen molar-refractivity contribution in [2.45, 2.75) is 39.8 Å². The first-order valence-electron chi connectivity index (χ1n) is 6.98. The first-order valence-corrected chi connectivity index (χ1v) is 6.98. The van der Waals surface area contributed by atoms with Gasteiger partial charge in [0.15, 0.2) is 5.96 Å². The Kier molecular flexibility index (Phi) is 5.43. The molecule has 0 heterocycles. The fraction of sp³-hybridized carbons (Fsp3) is 0.562. The van der Waals surface area contributed by atoms with E-state index in [9.17, 15) is 0 Å². The van der Waals surface area contributed by atoms with Crippen LogP contribution in [0, 0.1) is 6.92 Å². The second kappa shape index (κ2) is 6.64.